The summed E-state index contributed by atoms with van der Waals surface area (Å²) < 4.78 is 5.47. The smallest absolute Gasteiger partial charge is 0.156 e. The van der Waals surface area contributed by atoms with Crippen molar-refractivity contribution in [2.75, 3.05) is 12.4 Å². The lowest BCUT2D eigenvalue weighted by molar-refractivity contribution is -0.0130. The van der Waals surface area contributed by atoms with Gasteiger partial charge in [0, 0.05) is 18.3 Å². The molecule has 62 valence electrons. The van der Waals surface area contributed by atoms with Crippen molar-refractivity contribution in [1.29, 1.82) is 0 Å². The molecule has 0 aliphatic carbocycles. The predicted octanol–water partition coefficient (Wildman–Crippen LogP) is 0.801. The van der Waals surface area contributed by atoms with Gasteiger partial charge in [0.05, 0.1) is 0 Å². The first kappa shape index (κ1) is 7.43. The molecule has 2 aliphatic rings. The van der Waals surface area contributed by atoms with Crippen molar-refractivity contribution in [2.24, 2.45) is 16.6 Å². The van der Waals surface area contributed by atoms with Gasteiger partial charge in [-0.1, -0.05) is 11.8 Å². The minimum absolute atomic E-state index is 0.0741. The Labute approximate surface area is 70.4 Å². The van der Waals surface area contributed by atoms with Gasteiger partial charge in [0.1, 0.15) is 0 Å². The molecule has 2 atom stereocenters. The maximum atomic E-state index is 5.57. The molecular weight excluding hydrogens is 160 g/mol. The molecule has 0 amide bonds. The van der Waals surface area contributed by atoms with E-state index in [1.807, 2.05) is 0 Å². The second kappa shape index (κ2) is 3.03. The molecule has 0 spiro atoms. The number of rotatable bonds is 0. The van der Waals surface area contributed by atoms with Crippen molar-refractivity contribution in [3.05, 3.63) is 0 Å². The first-order chi connectivity index (χ1) is 5.36. The van der Waals surface area contributed by atoms with E-state index in [1.165, 1.54) is 12.8 Å². The highest BCUT2D eigenvalue weighted by molar-refractivity contribution is 8.13. The summed E-state index contributed by atoms with van der Waals surface area (Å²) in [6.07, 6.45) is 2.50. The highest BCUT2D eigenvalue weighted by atomic mass is 32.2. The van der Waals surface area contributed by atoms with Crippen molar-refractivity contribution < 1.29 is 4.74 Å². The van der Waals surface area contributed by atoms with Crippen LogP contribution in [0.2, 0.25) is 0 Å². The highest BCUT2D eigenvalue weighted by Gasteiger charge is 2.28. The number of hydrogen-bond donors (Lipinski definition) is 1. The van der Waals surface area contributed by atoms with Crippen LogP contribution in [0.15, 0.2) is 4.99 Å². The number of nitrogens with zero attached hydrogens (tertiary/aromatic N) is 1. The zero-order chi connectivity index (χ0) is 7.68. The largest absolute Gasteiger partial charge is 0.378 e. The third-order valence-electron chi connectivity index (χ3n) is 2.11. The van der Waals surface area contributed by atoms with Crippen LogP contribution in [0.25, 0.3) is 0 Å². The normalized spacial score (nSPS) is 37.6. The summed E-state index contributed by atoms with van der Waals surface area (Å²) in [7, 11) is 0. The Morgan fingerprint density at radius 1 is 1.64 bits per heavy atom. The van der Waals surface area contributed by atoms with Gasteiger partial charge in [0.15, 0.2) is 11.4 Å². The van der Waals surface area contributed by atoms with Crippen LogP contribution in [0.4, 0.5) is 0 Å². The van der Waals surface area contributed by atoms with E-state index in [0.717, 1.165) is 12.4 Å². The Morgan fingerprint density at radius 2 is 2.55 bits per heavy atom. The average molecular weight is 172 g/mol. The number of ether oxygens (including phenoxy) is 1. The van der Waals surface area contributed by atoms with Crippen molar-refractivity contribution in [3.8, 4) is 0 Å². The van der Waals surface area contributed by atoms with E-state index in [9.17, 15) is 0 Å². The minimum Gasteiger partial charge on any atom is -0.378 e. The fourth-order valence-corrected chi connectivity index (χ4v) is 2.39. The van der Waals surface area contributed by atoms with E-state index in [1.54, 1.807) is 11.8 Å². The standard InChI is InChI=1S/C7H12N2OS/c8-7-9-6-5(4-11-7)2-1-3-10-6/h5-6H,1-4H2,(H2,8,9). The van der Waals surface area contributed by atoms with Gasteiger partial charge in [0.2, 0.25) is 0 Å². The molecule has 0 bridgehead atoms. The first-order valence-electron chi connectivity index (χ1n) is 3.94. The maximum Gasteiger partial charge on any atom is 0.156 e. The second-order valence-electron chi connectivity index (χ2n) is 2.94. The Kier molecular flexibility index (Phi) is 2.05. The summed E-state index contributed by atoms with van der Waals surface area (Å²) in [4.78, 5) is 4.24. The van der Waals surface area contributed by atoms with Crippen molar-refractivity contribution in [1.82, 2.24) is 0 Å². The number of fused-ring (bicyclic) bond motifs is 1. The van der Waals surface area contributed by atoms with Crippen LogP contribution in [0, 0.1) is 5.92 Å². The zero-order valence-corrected chi connectivity index (χ0v) is 7.14. The average Bonchev–Trinajstić information content (AvgIpc) is 2.04. The zero-order valence-electron chi connectivity index (χ0n) is 6.32. The third-order valence-corrected chi connectivity index (χ3v) is 3.11. The summed E-state index contributed by atoms with van der Waals surface area (Å²) in [5.41, 5.74) is 5.57. The van der Waals surface area contributed by atoms with Gasteiger partial charge in [-0.05, 0) is 12.8 Å². The van der Waals surface area contributed by atoms with Gasteiger partial charge in [-0.2, -0.15) is 0 Å². The van der Waals surface area contributed by atoms with E-state index < -0.39 is 0 Å². The summed E-state index contributed by atoms with van der Waals surface area (Å²) >= 11 is 1.65. The van der Waals surface area contributed by atoms with Crippen LogP contribution in [-0.2, 0) is 4.74 Å². The molecule has 2 rings (SSSR count). The van der Waals surface area contributed by atoms with Crippen molar-refractivity contribution in [2.45, 2.75) is 19.1 Å². The van der Waals surface area contributed by atoms with Gasteiger partial charge in [-0.15, -0.1) is 0 Å². The summed E-state index contributed by atoms with van der Waals surface area (Å²) in [6.45, 7) is 0.850. The Morgan fingerprint density at radius 3 is 3.45 bits per heavy atom. The molecule has 0 aromatic heterocycles. The Hall–Kier alpha value is -0.220. The molecule has 3 nitrogen and oxygen atoms in total. The highest BCUT2D eigenvalue weighted by Crippen LogP contribution is 2.29. The fraction of sp³-hybridized carbons (Fsp3) is 0.857. The minimum atomic E-state index is 0.0741. The molecular formula is C7H12N2OS. The van der Waals surface area contributed by atoms with Crippen LogP contribution >= 0.6 is 11.8 Å². The molecule has 2 unspecified atom stereocenters. The van der Waals surface area contributed by atoms with Crippen molar-refractivity contribution >= 4 is 16.9 Å². The third kappa shape index (κ3) is 1.51. The molecule has 1 fully saturated rings. The Bertz CT molecular complexity index is 183. The first-order valence-corrected chi connectivity index (χ1v) is 4.92. The van der Waals surface area contributed by atoms with E-state index in [2.05, 4.69) is 4.99 Å². The number of aliphatic imine (C=N–C) groups is 1. The van der Waals surface area contributed by atoms with Gasteiger partial charge in [-0.3, -0.25) is 0 Å². The maximum absolute atomic E-state index is 5.57. The number of hydrogen-bond acceptors (Lipinski definition) is 4. The molecule has 2 aliphatic heterocycles. The summed E-state index contributed by atoms with van der Waals surface area (Å²) in [5.74, 6) is 1.70. The van der Waals surface area contributed by atoms with E-state index >= 15 is 0 Å². The molecule has 0 radical (unpaired) electrons. The van der Waals surface area contributed by atoms with Crippen LogP contribution in [0.1, 0.15) is 12.8 Å². The van der Waals surface area contributed by atoms with Crippen LogP contribution < -0.4 is 5.73 Å². The lowest BCUT2D eigenvalue weighted by Crippen LogP contribution is -2.35. The molecule has 4 heteroatoms. The van der Waals surface area contributed by atoms with Gasteiger partial charge in [0.25, 0.3) is 0 Å². The quantitative estimate of drug-likeness (QED) is 0.588. The molecule has 0 aromatic rings. The van der Waals surface area contributed by atoms with Gasteiger partial charge in [-0.25, -0.2) is 4.99 Å². The molecule has 2 N–H and O–H groups in total. The van der Waals surface area contributed by atoms with E-state index in [-0.39, 0.29) is 6.23 Å². The molecule has 0 saturated carbocycles. The van der Waals surface area contributed by atoms with Crippen LogP contribution in [-0.4, -0.2) is 23.8 Å². The number of amidine groups is 1. The molecule has 11 heavy (non-hydrogen) atoms. The molecule has 0 aromatic carbocycles. The lowest BCUT2D eigenvalue weighted by atomic mass is 10.0. The fourth-order valence-electron chi connectivity index (χ4n) is 1.49. The topological polar surface area (TPSA) is 47.6 Å². The summed E-state index contributed by atoms with van der Waals surface area (Å²) in [6, 6.07) is 0. The SMILES string of the molecule is NC1=NC2OCCCC2CS1. The van der Waals surface area contributed by atoms with Crippen LogP contribution in [0.3, 0.4) is 0 Å². The van der Waals surface area contributed by atoms with Gasteiger partial charge >= 0.3 is 0 Å². The van der Waals surface area contributed by atoms with E-state index in [0.29, 0.717) is 11.1 Å². The summed E-state index contributed by atoms with van der Waals surface area (Å²) in [5, 5.41) is 0.688. The molecule has 2 heterocycles. The van der Waals surface area contributed by atoms with Gasteiger partial charge < -0.3 is 10.5 Å². The predicted molar refractivity (Wildman–Crippen MR) is 46.5 cm³/mol. The van der Waals surface area contributed by atoms with Crippen LogP contribution in [0.5, 0.6) is 0 Å². The lowest BCUT2D eigenvalue weighted by Gasteiger charge is -2.31. The second-order valence-corrected chi connectivity index (χ2v) is 3.98. The van der Waals surface area contributed by atoms with Crippen molar-refractivity contribution in [3.63, 3.8) is 0 Å². The van der Waals surface area contributed by atoms with E-state index in [4.69, 9.17) is 10.5 Å². The number of thioether (sulfide) groups is 1. The Balaban J connectivity index is 2.07. The molecule has 1 saturated heterocycles. The monoisotopic (exact) mass is 172 g/mol. The number of nitrogens with two attached hydrogens (primary N) is 1.